The van der Waals surface area contributed by atoms with E-state index in [2.05, 4.69) is 9.97 Å². The normalized spacial score (nSPS) is 13.7. The Morgan fingerprint density at radius 1 is 1.50 bits per heavy atom. The number of nitrogens with zero attached hydrogens (tertiary/aromatic N) is 2. The molecule has 0 amide bonds. The molecule has 0 bridgehead atoms. The maximum atomic E-state index is 10.9. The molecule has 0 radical (unpaired) electrons. The molecule has 1 rings (SSSR count). The van der Waals surface area contributed by atoms with Gasteiger partial charge in [-0.3, -0.25) is 0 Å². The van der Waals surface area contributed by atoms with Crippen molar-refractivity contribution < 1.29 is 8.42 Å². The van der Waals surface area contributed by atoms with Crippen molar-refractivity contribution in [3.8, 4) is 0 Å². The Morgan fingerprint density at radius 2 is 2.19 bits per heavy atom. The summed E-state index contributed by atoms with van der Waals surface area (Å²) in [5, 5.41) is 0. The Bertz CT molecular complexity index is 445. The molecule has 0 fully saturated rings. The van der Waals surface area contributed by atoms with Gasteiger partial charge < -0.3 is 5.73 Å². The first-order valence-electron chi connectivity index (χ1n) is 5.11. The van der Waals surface area contributed by atoms with Gasteiger partial charge in [0.2, 0.25) is 0 Å². The molecule has 1 atom stereocenters. The van der Waals surface area contributed by atoms with E-state index in [9.17, 15) is 8.42 Å². The molecular weight excluding hydrogens is 226 g/mol. The van der Waals surface area contributed by atoms with Crippen LogP contribution in [-0.4, -0.2) is 30.4 Å². The number of aromatic nitrogens is 2. The van der Waals surface area contributed by atoms with Crippen molar-refractivity contribution in [3.63, 3.8) is 0 Å². The fourth-order valence-electron chi connectivity index (χ4n) is 1.39. The Morgan fingerprint density at radius 3 is 2.75 bits per heavy atom. The predicted octanol–water partition coefficient (Wildman–Crippen LogP) is 0.610. The summed E-state index contributed by atoms with van der Waals surface area (Å²) in [5.41, 5.74) is 6.67. The first-order valence-corrected chi connectivity index (χ1v) is 7.17. The number of hydrogen-bond donors (Lipinski definition) is 1. The maximum Gasteiger partial charge on any atom is 0.147 e. The Labute approximate surface area is 96.0 Å². The van der Waals surface area contributed by atoms with E-state index in [0.717, 1.165) is 5.69 Å². The van der Waals surface area contributed by atoms with Crippen molar-refractivity contribution in [1.29, 1.82) is 0 Å². The summed E-state index contributed by atoms with van der Waals surface area (Å²) in [6.45, 7) is 1.80. The Balaban J connectivity index is 2.50. The van der Waals surface area contributed by atoms with Crippen LogP contribution in [0.3, 0.4) is 0 Å². The molecule has 0 saturated heterocycles. The van der Waals surface area contributed by atoms with Crippen molar-refractivity contribution in [2.45, 2.75) is 25.8 Å². The number of rotatable bonds is 5. The molecule has 1 aromatic heterocycles. The zero-order chi connectivity index (χ0) is 12.2. The van der Waals surface area contributed by atoms with Crippen LogP contribution >= 0.6 is 0 Å². The van der Waals surface area contributed by atoms with Gasteiger partial charge in [0, 0.05) is 24.2 Å². The van der Waals surface area contributed by atoms with Gasteiger partial charge in [0.15, 0.2) is 0 Å². The molecule has 0 aliphatic heterocycles. The van der Waals surface area contributed by atoms with Crippen LogP contribution in [0.25, 0.3) is 0 Å². The summed E-state index contributed by atoms with van der Waals surface area (Å²) in [4.78, 5) is 8.18. The third kappa shape index (κ3) is 4.67. The highest BCUT2D eigenvalue weighted by atomic mass is 32.2. The Hall–Kier alpha value is -1.01. The summed E-state index contributed by atoms with van der Waals surface area (Å²) in [6.07, 6.45) is 4.06. The SMILES string of the molecule is Cc1nccc(C(N)CCCS(C)(=O)=O)n1. The molecule has 0 aromatic carbocycles. The quantitative estimate of drug-likeness (QED) is 0.818. The van der Waals surface area contributed by atoms with Crippen LogP contribution in [0.2, 0.25) is 0 Å². The lowest BCUT2D eigenvalue weighted by Crippen LogP contribution is -2.14. The zero-order valence-corrected chi connectivity index (χ0v) is 10.4. The van der Waals surface area contributed by atoms with Crippen LogP contribution in [0.5, 0.6) is 0 Å². The second-order valence-corrected chi connectivity index (χ2v) is 6.17. The van der Waals surface area contributed by atoms with E-state index >= 15 is 0 Å². The van der Waals surface area contributed by atoms with Crippen LogP contribution in [0.15, 0.2) is 12.3 Å². The molecule has 16 heavy (non-hydrogen) atoms. The average Bonchev–Trinajstić information content (AvgIpc) is 2.15. The third-order valence-corrected chi connectivity index (χ3v) is 3.24. The van der Waals surface area contributed by atoms with Gasteiger partial charge in [0.05, 0.1) is 5.69 Å². The van der Waals surface area contributed by atoms with Crippen LogP contribution in [0.1, 0.15) is 30.4 Å². The van der Waals surface area contributed by atoms with Gasteiger partial charge in [-0.15, -0.1) is 0 Å². The third-order valence-electron chi connectivity index (χ3n) is 2.21. The maximum absolute atomic E-state index is 10.9. The first kappa shape index (κ1) is 13.1. The van der Waals surface area contributed by atoms with E-state index in [1.165, 1.54) is 6.26 Å². The van der Waals surface area contributed by atoms with Crippen LogP contribution in [0, 0.1) is 6.92 Å². The molecule has 6 heteroatoms. The molecule has 90 valence electrons. The summed E-state index contributed by atoms with van der Waals surface area (Å²) in [7, 11) is -2.90. The van der Waals surface area contributed by atoms with Crippen molar-refractivity contribution in [2.75, 3.05) is 12.0 Å². The molecule has 1 heterocycles. The highest BCUT2D eigenvalue weighted by Gasteiger charge is 2.09. The van der Waals surface area contributed by atoms with Gasteiger partial charge in [-0.05, 0) is 25.8 Å². The number of hydrogen-bond acceptors (Lipinski definition) is 5. The van der Waals surface area contributed by atoms with Crippen molar-refractivity contribution in [1.82, 2.24) is 9.97 Å². The van der Waals surface area contributed by atoms with Gasteiger partial charge in [-0.2, -0.15) is 0 Å². The molecule has 0 saturated carbocycles. The average molecular weight is 243 g/mol. The molecule has 1 unspecified atom stereocenters. The second kappa shape index (κ2) is 5.36. The summed E-state index contributed by atoms with van der Waals surface area (Å²) in [6, 6.07) is 1.54. The second-order valence-electron chi connectivity index (χ2n) is 3.91. The van der Waals surface area contributed by atoms with Crippen LogP contribution < -0.4 is 5.73 Å². The molecule has 1 aromatic rings. The number of aryl methyl sites for hydroxylation is 1. The van der Waals surface area contributed by atoms with Gasteiger partial charge in [0.1, 0.15) is 15.7 Å². The number of sulfone groups is 1. The minimum absolute atomic E-state index is 0.171. The Kier molecular flexibility index (Phi) is 4.37. The van der Waals surface area contributed by atoms with Crippen molar-refractivity contribution in [2.24, 2.45) is 5.73 Å². The van der Waals surface area contributed by atoms with Crippen molar-refractivity contribution >= 4 is 9.84 Å². The van der Waals surface area contributed by atoms with Gasteiger partial charge in [-0.1, -0.05) is 0 Å². The number of nitrogens with two attached hydrogens (primary N) is 1. The lowest BCUT2D eigenvalue weighted by Gasteiger charge is -2.10. The monoisotopic (exact) mass is 243 g/mol. The van der Waals surface area contributed by atoms with Crippen molar-refractivity contribution in [3.05, 3.63) is 23.8 Å². The smallest absolute Gasteiger partial charge is 0.147 e. The van der Waals surface area contributed by atoms with Gasteiger partial charge in [-0.25, -0.2) is 18.4 Å². The zero-order valence-electron chi connectivity index (χ0n) is 9.55. The topological polar surface area (TPSA) is 85.9 Å². The van der Waals surface area contributed by atoms with E-state index in [1.54, 1.807) is 19.2 Å². The van der Waals surface area contributed by atoms with Crippen LogP contribution in [0.4, 0.5) is 0 Å². The molecule has 0 aliphatic carbocycles. The minimum Gasteiger partial charge on any atom is -0.323 e. The largest absolute Gasteiger partial charge is 0.323 e. The molecule has 0 spiro atoms. The fourth-order valence-corrected chi connectivity index (χ4v) is 2.09. The fraction of sp³-hybridized carbons (Fsp3) is 0.600. The molecule has 0 aliphatic rings. The van der Waals surface area contributed by atoms with Crippen LogP contribution in [-0.2, 0) is 9.84 Å². The summed E-state index contributed by atoms with van der Waals surface area (Å²) < 4.78 is 21.9. The van der Waals surface area contributed by atoms with E-state index in [-0.39, 0.29) is 11.8 Å². The lowest BCUT2D eigenvalue weighted by atomic mass is 10.1. The summed E-state index contributed by atoms with van der Waals surface area (Å²) in [5.74, 6) is 0.848. The first-order chi connectivity index (χ1) is 7.38. The molecule has 2 N–H and O–H groups in total. The van der Waals surface area contributed by atoms with Gasteiger partial charge in [0.25, 0.3) is 0 Å². The van der Waals surface area contributed by atoms with Gasteiger partial charge >= 0.3 is 0 Å². The molecular formula is C10H17N3O2S. The van der Waals surface area contributed by atoms with E-state index in [4.69, 9.17) is 5.73 Å². The predicted molar refractivity (Wildman–Crippen MR) is 62.6 cm³/mol. The highest BCUT2D eigenvalue weighted by molar-refractivity contribution is 7.90. The van der Waals surface area contributed by atoms with E-state index in [1.807, 2.05) is 0 Å². The summed E-state index contributed by atoms with van der Waals surface area (Å²) >= 11 is 0. The molecule has 5 nitrogen and oxygen atoms in total. The van der Waals surface area contributed by atoms with E-state index < -0.39 is 9.84 Å². The minimum atomic E-state index is -2.90. The highest BCUT2D eigenvalue weighted by Crippen LogP contribution is 2.13. The van der Waals surface area contributed by atoms with E-state index in [0.29, 0.717) is 18.7 Å². The standard InChI is InChI=1S/C10H17N3O2S/c1-8-12-6-5-10(13-8)9(11)4-3-7-16(2,14)15/h5-6,9H,3-4,7,11H2,1-2H3. The lowest BCUT2D eigenvalue weighted by molar-refractivity contribution is 0.583.